The molecule has 0 aliphatic carbocycles. The first-order chi connectivity index (χ1) is 9.46. The van der Waals surface area contributed by atoms with Crippen molar-refractivity contribution in [2.24, 2.45) is 0 Å². The van der Waals surface area contributed by atoms with E-state index < -0.39 is 17.2 Å². The second kappa shape index (κ2) is 5.87. The van der Waals surface area contributed by atoms with Gasteiger partial charge in [-0.15, -0.1) is 0 Å². The van der Waals surface area contributed by atoms with Gasteiger partial charge in [0.05, 0.1) is 5.54 Å². The van der Waals surface area contributed by atoms with Gasteiger partial charge >= 0.3 is 0 Å². The normalized spacial score (nSPS) is 22.0. The van der Waals surface area contributed by atoms with Crippen LogP contribution in [0.5, 0.6) is 0 Å². The summed E-state index contributed by atoms with van der Waals surface area (Å²) in [6.45, 7) is 5.45. The van der Waals surface area contributed by atoms with E-state index in [1.807, 2.05) is 13.8 Å². The molecule has 1 aromatic rings. The molecule has 1 fully saturated rings. The maximum absolute atomic E-state index is 13.2. The average molecular weight is 282 g/mol. The fraction of sp³-hybridized carbons (Fsp3) is 0.533. The molecule has 1 N–H and O–H groups in total. The molecule has 1 amide bonds. The van der Waals surface area contributed by atoms with Crippen molar-refractivity contribution in [2.45, 2.75) is 38.8 Å². The van der Waals surface area contributed by atoms with Crippen molar-refractivity contribution in [1.29, 1.82) is 0 Å². The molecule has 1 aliphatic heterocycles. The van der Waals surface area contributed by atoms with E-state index in [0.717, 1.165) is 31.5 Å². The van der Waals surface area contributed by atoms with E-state index in [4.69, 9.17) is 0 Å². The Hall–Kier alpha value is -1.49. The lowest BCUT2D eigenvalue weighted by Gasteiger charge is -2.31. The number of likely N-dealkylation sites (N-methyl/N-ethyl adjacent to an activating group) is 1. The summed E-state index contributed by atoms with van der Waals surface area (Å²) in [4.78, 5) is 14.2. The van der Waals surface area contributed by atoms with E-state index in [2.05, 4.69) is 5.32 Å². The molecule has 0 saturated carbocycles. The van der Waals surface area contributed by atoms with E-state index in [9.17, 15) is 13.6 Å². The van der Waals surface area contributed by atoms with E-state index in [-0.39, 0.29) is 5.91 Å². The third kappa shape index (κ3) is 2.98. The van der Waals surface area contributed by atoms with Gasteiger partial charge in [-0.25, -0.2) is 8.78 Å². The largest absolute Gasteiger partial charge is 0.337 e. The van der Waals surface area contributed by atoms with E-state index >= 15 is 0 Å². The van der Waals surface area contributed by atoms with Gasteiger partial charge in [0, 0.05) is 13.1 Å². The molecule has 2 rings (SSSR count). The number of amides is 1. The Morgan fingerprint density at radius 3 is 2.70 bits per heavy atom. The topological polar surface area (TPSA) is 32.3 Å². The Morgan fingerprint density at radius 1 is 1.40 bits per heavy atom. The van der Waals surface area contributed by atoms with Crippen molar-refractivity contribution in [3.05, 3.63) is 35.4 Å². The molecule has 3 nitrogen and oxygen atoms in total. The molecule has 1 unspecified atom stereocenters. The maximum Gasteiger partial charge on any atom is 0.242 e. The number of halogens is 2. The van der Waals surface area contributed by atoms with Gasteiger partial charge in [0.15, 0.2) is 11.6 Å². The van der Waals surface area contributed by atoms with Crippen molar-refractivity contribution < 1.29 is 13.6 Å². The van der Waals surface area contributed by atoms with Crippen LogP contribution in [0.3, 0.4) is 0 Å². The van der Waals surface area contributed by atoms with Crippen LogP contribution in [0, 0.1) is 11.6 Å². The molecule has 0 spiro atoms. The molecule has 0 aromatic heterocycles. The second-order valence-electron chi connectivity index (χ2n) is 5.43. The highest BCUT2D eigenvalue weighted by atomic mass is 19.2. The summed E-state index contributed by atoms with van der Waals surface area (Å²) in [5, 5.41) is 3.23. The third-order valence-corrected chi connectivity index (χ3v) is 3.87. The van der Waals surface area contributed by atoms with Gasteiger partial charge in [-0.2, -0.15) is 0 Å². The average Bonchev–Trinajstić information content (AvgIpc) is 2.87. The van der Waals surface area contributed by atoms with Crippen LogP contribution in [0.4, 0.5) is 8.78 Å². The number of rotatable bonds is 4. The summed E-state index contributed by atoms with van der Waals surface area (Å²) in [5.74, 6) is -1.73. The summed E-state index contributed by atoms with van der Waals surface area (Å²) < 4.78 is 26.1. The molecule has 0 bridgehead atoms. The lowest BCUT2D eigenvalue weighted by molar-refractivity contribution is -0.137. The van der Waals surface area contributed by atoms with Crippen LogP contribution in [-0.4, -0.2) is 29.4 Å². The summed E-state index contributed by atoms with van der Waals surface area (Å²) in [6.07, 6.45) is 1.78. The minimum atomic E-state index is -0.879. The van der Waals surface area contributed by atoms with Crippen LogP contribution in [0.15, 0.2) is 18.2 Å². The van der Waals surface area contributed by atoms with Gasteiger partial charge in [0.25, 0.3) is 0 Å². The highest BCUT2D eigenvalue weighted by Crippen LogP contribution is 2.22. The Bertz CT molecular complexity index is 499. The van der Waals surface area contributed by atoms with Crippen molar-refractivity contribution >= 4 is 5.91 Å². The zero-order valence-electron chi connectivity index (χ0n) is 11.9. The zero-order valence-corrected chi connectivity index (χ0v) is 11.9. The Kier molecular flexibility index (Phi) is 4.38. The lowest BCUT2D eigenvalue weighted by atomic mass is 9.98. The highest BCUT2D eigenvalue weighted by molar-refractivity contribution is 5.86. The monoisotopic (exact) mass is 282 g/mol. The van der Waals surface area contributed by atoms with Gasteiger partial charge < -0.3 is 10.2 Å². The predicted molar refractivity (Wildman–Crippen MR) is 73.1 cm³/mol. The summed E-state index contributed by atoms with van der Waals surface area (Å²) in [5.41, 5.74) is 0.0647. The minimum absolute atomic E-state index is 0.0160. The van der Waals surface area contributed by atoms with Crippen LogP contribution < -0.4 is 5.32 Å². The number of hydrogen-bond donors (Lipinski definition) is 1. The molecule has 1 heterocycles. The van der Waals surface area contributed by atoms with Gasteiger partial charge in [0.2, 0.25) is 5.91 Å². The second-order valence-corrected chi connectivity index (χ2v) is 5.43. The number of carbonyl (C=O) groups is 1. The van der Waals surface area contributed by atoms with Gasteiger partial charge in [-0.1, -0.05) is 6.07 Å². The first-order valence-electron chi connectivity index (χ1n) is 6.94. The Balaban J connectivity index is 2.12. The highest BCUT2D eigenvalue weighted by Gasteiger charge is 2.38. The van der Waals surface area contributed by atoms with Crippen LogP contribution in [0.1, 0.15) is 32.3 Å². The molecular weight excluding hydrogens is 262 g/mol. The summed E-state index contributed by atoms with van der Waals surface area (Å²) in [7, 11) is 0. The van der Waals surface area contributed by atoms with E-state index in [1.54, 1.807) is 4.90 Å². The number of nitrogens with zero attached hydrogens (tertiary/aromatic N) is 1. The smallest absolute Gasteiger partial charge is 0.242 e. The van der Waals surface area contributed by atoms with Crippen LogP contribution in [-0.2, 0) is 11.3 Å². The van der Waals surface area contributed by atoms with Crippen LogP contribution in [0.2, 0.25) is 0 Å². The molecule has 1 aromatic carbocycles. The Labute approximate surface area is 118 Å². The van der Waals surface area contributed by atoms with Crippen LogP contribution >= 0.6 is 0 Å². The number of hydrogen-bond acceptors (Lipinski definition) is 2. The fourth-order valence-electron chi connectivity index (χ4n) is 2.61. The van der Waals surface area contributed by atoms with Crippen molar-refractivity contribution in [2.75, 3.05) is 13.1 Å². The van der Waals surface area contributed by atoms with Crippen molar-refractivity contribution in [1.82, 2.24) is 10.2 Å². The number of carbonyl (C=O) groups excluding carboxylic acids is 1. The summed E-state index contributed by atoms with van der Waals surface area (Å²) >= 11 is 0. The number of nitrogens with one attached hydrogen (secondary N) is 1. The Morgan fingerprint density at radius 2 is 2.15 bits per heavy atom. The van der Waals surface area contributed by atoms with Gasteiger partial charge in [-0.3, -0.25) is 4.79 Å². The SMILES string of the molecule is CCN(Cc1ccc(F)c(F)c1)C(=O)C1(C)CCCN1. The third-order valence-electron chi connectivity index (χ3n) is 3.87. The molecule has 110 valence electrons. The standard InChI is InChI=1S/C15H20F2N2O/c1-3-19(14(20)15(2)7-4-8-18-15)10-11-5-6-12(16)13(17)9-11/h5-6,9,18H,3-4,7-8,10H2,1-2H3. The van der Waals surface area contributed by atoms with Gasteiger partial charge in [0.1, 0.15) is 0 Å². The lowest BCUT2D eigenvalue weighted by Crippen LogP contribution is -2.52. The minimum Gasteiger partial charge on any atom is -0.337 e. The first-order valence-corrected chi connectivity index (χ1v) is 6.94. The molecule has 20 heavy (non-hydrogen) atoms. The zero-order chi connectivity index (χ0) is 14.8. The van der Waals surface area contributed by atoms with Crippen LogP contribution in [0.25, 0.3) is 0 Å². The molecule has 1 saturated heterocycles. The molecule has 1 atom stereocenters. The van der Waals surface area contributed by atoms with Crippen molar-refractivity contribution in [3.8, 4) is 0 Å². The molecule has 0 radical (unpaired) electrons. The predicted octanol–water partition coefficient (Wildman–Crippen LogP) is 2.46. The van der Waals surface area contributed by atoms with Crippen molar-refractivity contribution in [3.63, 3.8) is 0 Å². The fourth-order valence-corrected chi connectivity index (χ4v) is 2.61. The van der Waals surface area contributed by atoms with Gasteiger partial charge in [-0.05, 0) is 50.9 Å². The first kappa shape index (κ1) is 14.9. The maximum atomic E-state index is 13.2. The van der Waals surface area contributed by atoms with E-state index in [1.165, 1.54) is 6.07 Å². The molecular formula is C15H20F2N2O. The number of benzene rings is 1. The summed E-state index contributed by atoms with van der Waals surface area (Å²) in [6, 6.07) is 3.76. The molecule has 5 heteroatoms. The molecule has 1 aliphatic rings. The van der Waals surface area contributed by atoms with E-state index in [0.29, 0.717) is 18.7 Å². The quantitative estimate of drug-likeness (QED) is 0.920.